The number of carboxylic acid groups (broad SMARTS) is 2. The number of aryl methyl sites for hydroxylation is 1. The molecule has 2 aromatic heterocycles. The van der Waals surface area contributed by atoms with E-state index in [9.17, 15) is 58.2 Å². The van der Waals surface area contributed by atoms with Crippen LogP contribution in [-0.2, 0) is 63.5 Å². The van der Waals surface area contributed by atoms with E-state index < -0.39 is 72.2 Å². The molecule has 0 spiro atoms. The van der Waals surface area contributed by atoms with Gasteiger partial charge < -0.3 is 50.6 Å². The summed E-state index contributed by atoms with van der Waals surface area (Å²) in [4.78, 5) is 133. The van der Waals surface area contributed by atoms with Gasteiger partial charge in [0.15, 0.2) is 11.6 Å². The quantitative estimate of drug-likeness (QED) is 0.0550. The van der Waals surface area contributed by atoms with Gasteiger partial charge in [-0.25, -0.2) is 9.97 Å². The third-order valence-corrected chi connectivity index (χ3v) is 20.4. The van der Waals surface area contributed by atoms with E-state index in [0.717, 1.165) is 117 Å². The number of ketones is 2. The number of rotatable bonds is 13. The molecule has 2 amide bonds. The summed E-state index contributed by atoms with van der Waals surface area (Å²) >= 11 is 2.88. The number of para-hydroxylation sites is 2. The first-order valence-corrected chi connectivity index (χ1v) is 35.1. The number of hydrogen-bond acceptors (Lipinski definition) is 20. The molecule has 2 aliphatic carbocycles. The van der Waals surface area contributed by atoms with Gasteiger partial charge in [-0.3, -0.25) is 47.9 Å². The Labute approximate surface area is 622 Å². The standard InChI is InChI=1S/C34H38N2O5S.C26H31N3O5S.C7H6O.C6H9BO6.2CH4.Na.H/c37-29-21-34(32(39)40)20-25(34)14-8-3-1-2-7-13-24(18-17-23-11-5-4-6-12-23)31(38)36-22-26(19-28(29)36)41-33-35-27-15-9-10-16-30(27)42-33;27-18-9-5-3-1-2-4-8-16-13-26(16,24(32)33)14-21(30)20-12-17(15-29(20)23(18)31)34-25-28-19-10-6-7-11-22(19)35-25;8-6-7-4-2-1-3-5-7;1-4(8)11-7(12-5(2)9)13-6(3)10;;;;/h4-6,8-12,14-16,24-26,28H,1-3,7,13,17-22H2,(H,39,40);4,6-8,10-11,16-18,20H,1-3,5,9,12-15,27H2,(H,32,33);1-6H;1-3H3;2*1H4;;/q;;;;;;+1;-1/b14-8-;8-4-;;;;;;/t24-,25-,26-,28+,34-;16-,17-,18+,20+,26-;;;;;;/m11....../s1. The molecule has 26 heteroatoms. The van der Waals surface area contributed by atoms with Gasteiger partial charge in [-0.1, -0.05) is 172 Å². The van der Waals surface area contributed by atoms with Gasteiger partial charge in [0, 0.05) is 57.9 Å². The Morgan fingerprint density at radius 2 is 1.03 bits per heavy atom. The number of thiazole rings is 2. The summed E-state index contributed by atoms with van der Waals surface area (Å²) in [6.45, 7) is 3.83. The Morgan fingerprint density at radius 1 is 0.604 bits per heavy atom. The van der Waals surface area contributed by atoms with Gasteiger partial charge in [0.25, 0.3) is 28.3 Å². The number of benzene rings is 4. The van der Waals surface area contributed by atoms with E-state index in [1.54, 1.807) is 17.0 Å². The molecule has 12 rings (SSSR count). The molecule has 22 nitrogen and oxygen atoms in total. The van der Waals surface area contributed by atoms with Crippen molar-refractivity contribution in [1.29, 1.82) is 0 Å². The second-order valence-corrected chi connectivity index (χ2v) is 27.8. The van der Waals surface area contributed by atoms with E-state index in [4.69, 9.17) is 15.2 Å². The van der Waals surface area contributed by atoms with Crippen LogP contribution in [0.2, 0.25) is 0 Å². The first-order valence-electron chi connectivity index (χ1n) is 33.5. The van der Waals surface area contributed by atoms with Crippen LogP contribution in [0.5, 0.6) is 10.4 Å². The van der Waals surface area contributed by atoms with Crippen molar-refractivity contribution in [1.82, 2.24) is 19.8 Å². The van der Waals surface area contributed by atoms with Gasteiger partial charge in [0.05, 0.1) is 62.5 Å². The number of nitrogens with two attached hydrogens (primary N) is 1. The van der Waals surface area contributed by atoms with Crippen molar-refractivity contribution in [2.45, 2.75) is 182 Å². The van der Waals surface area contributed by atoms with Crippen LogP contribution >= 0.6 is 22.7 Å². The Kier molecular flexibility index (Phi) is 31.6. The maximum absolute atomic E-state index is 14.3. The predicted octanol–water partition coefficient (Wildman–Crippen LogP) is 9.55. The van der Waals surface area contributed by atoms with E-state index >= 15 is 0 Å². The Hall–Kier alpha value is -7.94. The van der Waals surface area contributed by atoms with Crippen molar-refractivity contribution < 1.29 is 113 Å². The average molecular weight is 1430 g/mol. The molecule has 4 N–H and O–H groups in total. The number of aldehydes is 1. The number of amides is 2. The van der Waals surface area contributed by atoms with Crippen LogP contribution in [0, 0.1) is 28.6 Å². The molecule has 536 valence electrons. The van der Waals surface area contributed by atoms with Crippen molar-refractivity contribution in [2.24, 2.45) is 34.3 Å². The minimum Gasteiger partial charge on any atom is -1.00 e. The number of fused-ring (bicyclic) bond motifs is 6. The zero-order valence-electron chi connectivity index (χ0n) is 57.3. The fourth-order valence-corrected chi connectivity index (χ4v) is 14.9. The van der Waals surface area contributed by atoms with Gasteiger partial charge in [0.1, 0.15) is 18.5 Å². The van der Waals surface area contributed by atoms with Crippen molar-refractivity contribution in [2.75, 3.05) is 13.1 Å². The van der Waals surface area contributed by atoms with Gasteiger partial charge >= 0.3 is 48.8 Å². The number of Topliss-reactive ketones (excluding diaryl/α,β-unsaturated/α-hetero) is 2. The number of ether oxygens (including phenoxy) is 2. The summed E-state index contributed by atoms with van der Waals surface area (Å²) in [6.07, 6.45) is 19.9. The van der Waals surface area contributed by atoms with Gasteiger partial charge in [-0.2, -0.15) is 0 Å². The molecule has 6 aliphatic rings. The summed E-state index contributed by atoms with van der Waals surface area (Å²) in [5.74, 6) is -5.17. The third kappa shape index (κ3) is 22.8. The summed E-state index contributed by atoms with van der Waals surface area (Å²) in [7, 11) is -1.59. The maximum atomic E-state index is 14.3. The molecule has 101 heavy (non-hydrogen) atoms. The molecule has 4 fully saturated rings. The number of carbonyl (C=O) groups is 10. The second kappa shape index (κ2) is 38.9. The first-order chi connectivity index (χ1) is 47.1. The van der Waals surface area contributed by atoms with Crippen LogP contribution < -0.4 is 44.8 Å². The minimum atomic E-state index is -1.59. The molecule has 0 unspecified atom stereocenters. The number of carboxylic acids is 2. The molecular formula is C75H93BN5NaO17S2. The Bertz CT molecular complexity index is 3780. The van der Waals surface area contributed by atoms with Crippen molar-refractivity contribution in [3.63, 3.8) is 0 Å². The van der Waals surface area contributed by atoms with E-state index in [1.807, 2.05) is 103 Å². The number of aromatic nitrogens is 2. The van der Waals surface area contributed by atoms with Gasteiger partial charge in [0.2, 0.25) is 11.8 Å². The molecular weight excluding hydrogens is 1340 g/mol. The van der Waals surface area contributed by atoms with E-state index in [0.29, 0.717) is 55.5 Å². The van der Waals surface area contributed by atoms with Crippen molar-refractivity contribution >= 4 is 110 Å². The van der Waals surface area contributed by atoms with Crippen molar-refractivity contribution in [3.05, 3.63) is 145 Å². The Balaban J connectivity index is 0.000000280. The zero-order valence-corrected chi connectivity index (χ0v) is 60.0. The SMILES string of the molecule is C.C.CC(=O)OB(OC(C)=O)OC(C)=O.N[C@H]1CCCCC/C=C\[C@@H]2C[C@@]2(C(=O)O)CC(=O)[C@@H]2C[C@@H](Oc3nc4ccccc4s3)CN2C1=O.O=C1C[C@]2(C(=O)O)C[C@H]2/C=C\CCCCC[C@H](CCc2ccccc2)C(=O)N2C[C@H](Oc3nc4ccccc4s3)C[C@@H]12.O=Cc1ccccc1.[H-].[Na+]. The fraction of sp³-hybridized carbons (Fsp3) is 0.467. The topological polar surface area (TPSA) is 316 Å². The summed E-state index contributed by atoms with van der Waals surface area (Å²) in [5.41, 5.74) is 7.74. The monoisotopic (exact) mass is 1430 g/mol. The number of nitrogens with zero attached hydrogens (tertiary/aromatic N) is 4. The zero-order chi connectivity index (χ0) is 69.9. The third-order valence-electron chi connectivity index (χ3n) is 18.6. The Morgan fingerprint density at radius 3 is 1.46 bits per heavy atom. The molecule has 4 aliphatic heterocycles. The average Bonchev–Trinajstić information content (AvgIpc) is 1.59. The van der Waals surface area contributed by atoms with Crippen LogP contribution in [0.4, 0.5) is 0 Å². The summed E-state index contributed by atoms with van der Waals surface area (Å²) < 4.78 is 27.5. The van der Waals surface area contributed by atoms with Crippen LogP contribution in [0.1, 0.15) is 162 Å². The number of aliphatic carboxylic acids is 2. The molecule has 10 atom stereocenters. The number of hydrogen-bond donors (Lipinski definition) is 3. The minimum absolute atomic E-state index is 0. The second-order valence-electron chi connectivity index (χ2n) is 25.8. The smallest absolute Gasteiger partial charge is 1.00 e. The molecule has 6 heterocycles. The molecule has 4 aromatic carbocycles. The normalized spacial score (nSPS) is 25.3. The van der Waals surface area contributed by atoms with Crippen LogP contribution in [-0.4, -0.2) is 140 Å². The number of carbonyl (C=O) groups excluding carboxylic acids is 8. The van der Waals surface area contributed by atoms with Crippen LogP contribution in [0.3, 0.4) is 0 Å². The predicted molar refractivity (Wildman–Crippen MR) is 382 cm³/mol. The van der Waals surface area contributed by atoms with Crippen molar-refractivity contribution in [3.8, 4) is 10.4 Å². The molecule has 6 aromatic rings. The van der Waals surface area contributed by atoms with Crippen LogP contribution in [0.25, 0.3) is 20.4 Å². The largest absolute Gasteiger partial charge is 1.00 e. The fourth-order valence-electron chi connectivity index (χ4n) is 13.1. The molecule has 0 bridgehead atoms. The van der Waals surface area contributed by atoms with Gasteiger partial charge in [-0.15, -0.1) is 0 Å². The number of allylic oxidation sites excluding steroid dienone is 4. The molecule has 0 radical (unpaired) electrons. The maximum Gasteiger partial charge on any atom is 1.00 e. The molecule has 2 saturated carbocycles. The first kappa shape index (κ1) is 82.0. The van der Waals surface area contributed by atoms with Crippen LogP contribution in [0.15, 0.2) is 133 Å². The van der Waals surface area contributed by atoms with E-state index in [2.05, 4.69) is 42.1 Å². The van der Waals surface area contributed by atoms with Gasteiger partial charge in [-0.05, 0) is 106 Å². The molecule has 2 saturated heterocycles. The summed E-state index contributed by atoms with van der Waals surface area (Å²) in [5, 5.41) is 21.1. The summed E-state index contributed by atoms with van der Waals surface area (Å²) in [6, 6.07) is 32.7. The van der Waals surface area contributed by atoms with E-state index in [1.165, 1.54) is 33.1 Å². The van der Waals surface area contributed by atoms with E-state index in [-0.39, 0.29) is 112 Å².